The number of benzene rings is 1. The van der Waals surface area contributed by atoms with Crippen molar-refractivity contribution in [1.82, 2.24) is 9.80 Å². The maximum absolute atomic E-state index is 12.5. The van der Waals surface area contributed by atoms with Gasteiger partial charge >= 0.3 is 0 Å². The molecule has 0 radical (unpaired) electrons. The highest BCUT2D eigenvalue weighted by molar-refractivity contribution is 5.95. The minimum absolute atomic E-state index is 0.0839. The Bertz CT molecular complexity index is 489. The number of carbonyl (C=O) groups is 1. The van der Waals surface area contributed by atoms with Crippen LogP contribution in [0.4, 0.5) is 5.69 Å². The van der Waals surface area contributed by atoms with Crippen LogP contribution in [0.1, 0.15) is 22.3 Å². The van der Waals surface area contributed by atoms with Crippen molar-refractivity contribution in [2.24, 2.45) is 11.8 Å². The second-order valence-electron chi connectivity index (χ2n) is 5.78. The molecule has 20 heavy (non-hydrogen) atoms. The maximum atomic E-state index is 12.5. The zero-order valence-corrected chi connectivity index (χ0v) is 12.5. The second kappa shape index (κ2) is 6.24. The number of nitrogens with two attached hydrogens (primary N) is 1. The zero-order valence-electron chi connectivity index (χ0n) is 12.5. The summed E-state index contributed by atoms with van der Waals surface area (Å²) >= 11 is 0. The molecule has 1 unspecified atom stereocenters. The predicted molar refractivity (Wildman–Crippen MR) is 81.6 cm³/mol. The lowest BCUT2D eigenvalue weighted by Gasteiger charge is -2.22. The summed E-state index contributed by atoms with van der Waals surface area (Å²) in [5.41, 5.74) is 5.11. The van der Waals surface area contributed by atoms with E-state index in [1.165, 1.54) is 6.42 Å². The number of nitrogens with zero attached hydrogens (tertiary/aromatic N) is 2. The average molecular weight is 276 g/mol. The van der Waals surface area contributed by atoms with E-state index in [-0.39, 0.29) is 5.91 Å². The number of rotatable bonds is 4. The predicted octanol–water partition coefficient (Wildman–Crippen LogP) is 1.30. The molecule has 1 aliphatic heterocycles. The fourth-order valence-electron chi connectivity index (χ4n) is 2.84. The molecule has 0 bridgehead atoms. The molecule has 1 aliphatic rings. The Morgan fingerprint density at radius 2 is 2.30 bits per heavy atom. The first-order chi connectivity index (χ1) is 9.51. The van der Waals surface area contributed by atoms with Crippen molar-refractivity contribution in [1.29, 1.82) is 0 Å². The Labute approximate surface area is 120 Å². The third-order valence-electron chi connectivity index (χ3n) is 3.99. The van der Waals surface area contributed by atoms with E-state index in [9.17, 15) is 4.79 Å². The number of hydrogen-bond acceptors (Lipinski definition) is 4. The van der Waals surface area contributed by atoms with Gasteiger partial charge in [0, 0.05) is 31.4 Å². The van der Waals surface area contributed by atoms with Gasteiger partial charge in [0.2, 0.25) is 0 Å². The number of hydrazine groups is 1. The standard InChI is InChI=1S/C15H24N4O/c1-11-8-13(17-16)4-5-14(11)15(20)19(3)10-12-6-7-18(2)9-12/h4-5,8,12,17H,6-7,9-10,16H2,1-3H3. The van der Waals surface area contributed by atoms with Crippen LogP contribution in [0.25, 0.3) is 0 Å². The number of nitrogens with one attached hydrogen (secondary N) is 1. The molecule has 1 amide bonds. The molecule has 110 valence electrons. The quantitative estimate of drug-likeness (QED) is 0.643. The molecule has 3 N–H and O–H groups in total. The van der Waals surface area contributed by atoms with Crippen molar-refractivity contribution in [2.45, 2.75) is 13.3 Å². The molecule has 1 heterocycles. The van der Waals surface area contributed by atoms with Gasteiger partial charge in [-0.05, 0) is 56.6 Å². The number of likely N-dealkylation sites (tertiary alicyclic amines) is 1. The highest BCUT2D eigenvalue weighted by Gasteiger charge is 2.23. The average Bonchev–Trinajstić information content (AvgIpc) is 2.83. The van der Waals surface area contributed by atoms with E-state index < -0.39 is 0 Å². The summed E-state index contributed by atoms with van der Waals surface area (Å²) in [5, 5.41) is 0. The smallest absolute Gasteiger partial charge is 0.253 e. The van der Waals surface area contributed by atoms with Crippen LogP contribution in [0.3, 0.4) is 0 Å². The van der Waals surface area contributed by atoms with Gasteiger partial charge in [-0.3, -0.25) is 10.6 Å². The summed E-state index contributed by atoms with van der Waals surface area (Å²) < 4.78 is 0. The monoisotopic (exact) mass is 276 g/mol. The van der Waals surface area contributed by atoms with E-state index in [1.54, 1.807) is 0 Å². The number of amides is 1. The molecule has 0 aliphatic carbocycles. The Kier molecular flexibility index (Phi) is 4.62. The van der Waals surface area contributed by atoms with Gasteiger partial charge in [0.25, 0.3) is 5.91 Å². The van der Waals surface area contributed by atoms with Crippen molar-refractivity contribution in [2.75, 3.05) is 39.2 Å². The summed E-state index contributed by atoms with van der Waals surface area (Å²) in [6.07, 6.45) is 1.17. The number of carbonyl (C=O) groups excluding carboxylic acids is 1. The molecule has 5 heteroatoms. The minimum atomic E-state index is 0.0839. The summed E-state index contributed by atoms with van der Waals surface area (Å²) in [4.78, 5) is 16.6. The zero-order chi connectivity index (χ0) is 14.7. The molecule has 1 saturated heterocycles. The Hall–Kier alpha value is -1.59. The van der Waals surface area contributed by atoms with E-state index in [0.717, 1.165) is 36.4 Å². The van der Waals surface area contributed by atoms with Crippen molar-refractivity contribution < 1.29 is 4.79 Å². The topological polar surface area (TPSA) is 61.6 Å². The van der Waals surface area contributed by atoms with E-state index in [1.807, 2.05) is 37.1 Å². The van der Waals surface area contributed by atoms with Crippen LogP contribution in [0.15, 0.2) is 18.2 Å². The third kappa shape index (κ3) is 3.29. The summed E-state index contributed by atoms with van der Waals surface area (Å²) in [7, 11) is 4.01. The maximum Gasteiger partial charge on any atom is 0.253 e. The van der Waals surface area contributed by atoms with Crippen LogP contribution < -0.4 is 11.3 Å². The molecule has 0 saturated carbocycles. The number of aryl methyl sites for hydroxylation is 1. The molecule has 0 aromatic heterocycles. The fraction of sp³-hybridized carbons (Fsp3) is 0.533. The summed E-state index contributed by atoms with van der Waals surface area (Å²) in [6, 6.07) is 5.56. The van der Waals surface area contributed by atoms with Gasteiger partial charge in [0.05, 0.1) is 0 Å². The van der Waals surface area contributed by atoms with E-state index in [4.69, 9.17) is 5.84 Å². The van der Waals surface area contributed by atoms with Crippen molar-refractivity contribution in [3.8, 4) is 0 Å². The molecule has 0 spiro atoms. The second-order valence-corrected chi connectivity index (χ2v) is 5.78. The lowest BCUT2D eigenvalue weighted by Crippen LogP contribution is -2.33. The van der Waals surface area contributed by atoms with Gasteiger partial charge in [0.15, 0.2) is 0 Å². The summed E-state index contributed by atoms with van der Waals surface area (Å²) in [5.74, 6) is 6.04. The van der Waals surface area contributed by atoms with Gasteiger partial charge in [0.1, 0.15) is 0 Å². The number of anilines is 1. The minimum Gasteiger partial charge on any atom is -0.341 e. The molecule has 1 fully saturated rings. The van der Waals surface area contributed by atoms with Gasteiger partial charge < -0.3 is 15.2 Å². The molecule has 1 atom stereocenters. The van der Waals surface area contributed by atoms with Crippen molar-refractivity contribution in [3.05, 3.63) is 29.3 Å². The normalized spacial score (nSPS) is 19.1. The molecule has 1 aromatic carbocycles. The van der Waals surface area contributed by atoms with Gasteiger partial charge in [-0.25, -0.2) is 0 Å². The lowest BCUT2D eigenvalue weighted by molar-refractivity contribution is 0.0773. The van der Waals surface area contributed by atoms with Crippen LogP contribution in [0.5, 0.6) is 0 Å². The van der Waals surface area contributed by atoms with E-state index in [2.05, 4.69) is 17.4 Å². The largest absolute Gasteiger partial charge is 0.341 e. The van der Waals surface area contributed by atoms with E-state index in [0.29, 0.717) is 5.92 Å². The SMILES string of the molecule is Cc1cc(NN)ccc1C(=O)N(C)CC1CCN(C)C1. The molecular formula is C15H24N4O. The van der Waals surface area contributed by atoms with Crippen LogP contribution in [-0.4, -0.2) is 49.4 Å². The number of hydrogen-bond donors (Lipinski definition) is 2. The highest BCUT2D eigenvalue weighted by Crippen LogP contribution is 2.19. The van der Waals surface area contributed by atoms with Crippen molar-refractivity contribution in [3.63, 3.8) is 0 Å². The molecule has 2 rings (SSSR count). The first-order valence-electron chi connectivity index (χ1n) is 7.02. The van der Waals surface area contributed by atoms with Crippen molar-refractivity contribution >= 4 is 11.6 Å². The fourth-order valence-corrected chi connectivity index (χ4v) is 2.84. The first-order valence-corrected chi connectivity index (χ1v) is 7.02. The lowest BCUT2D eigenvalue weighted by atomic mass is 10.0. The Morgan fingerprint density at radius 1 is 1.55 bits per heavy atom. The van der Waals surface area contributed by atoms with Gasteiger partial charge in [-0.1, -0.05) is 0 Å². The van der Waals surface area contributed by atoms with E-state index >= 15 is 0 Å². The van der Waals surface area contributed by atoms with Crippen LogP contribution in [-0.2, 0) is 0 Å². The summed E-state index contributed by atoms with van der Waals surface area (Å²) in [6.45, 7) is 4.96. The van der Waals surface area contributed by atoms with Crippen LogP contribution in [0.2, 0.25) is 0 Å². The highest BCUT2D eigenvalue weighted by atomic mass is 16.2. The molecular weight excluding hydrogens is 252 g/mol. The van der Waals surface area contributed by atoms with Gasteiger partial charge in [-0.15, -0.1) is 0 Å². The molecule has 1 aromatic rings. The Morgan fingerprint density at radius 3 is 2.85 bits per heavy atom. The third-order valence-corrected chi connectivity index (χ3v) is 3.99. The number of nitrogen functional groups attached to an aromatic ring is 1. The Balaban J connectivity index is 2.03. The van der Waals surface area contributed by atoms with Gasteiger partial charge in [-0.2, -0.15) is 0 Å². The first kappa shape index (κ1) is 14.8. The van der Waals surface area contributed by atoms with Crippen LogP contribution >= 0.6 is 0 Å². The molecule has 5 nitrogen and oxygen atoms in total. The van der Waals surface area contributed by atoms with Crippen LogP contribution in [0, 0.1) is 12.8 Å².